The zero-order valence-electron chi connectivity index (χ0n) is 16.8. The molecule has 0 bridgehead atoms. The van der Waals surface area contributed by atoms with Crippen LogP contribution in [0.25, 0.3) is 0 Å². The van der Waals surface area contributed by atoms with Gasteiger partial charge in [0.15, 0.2) is 12.6 Å². The number of hydrogen-bond acceptors (Lipinski definition) is 4. The second kappa shape index (κ2) is 12.5. The van der Waals surface area contributed by atoms with Crippen molar-refractivity contribution in [1.29, 1.82) is 0 Å². The maximum atomic E-state index is 12.2. The van der Waals surface area contributed by atoms with Gasteiger partial charge in [0.1, 0.15) is 5.75 Å². The Morgan fingerprint density at radius 3 is 2.69 bits per heavy atom. The van der Waals surface area contributed by atoms with E-state index in [1.54, 1.807) is 12.1 Å². The van der Waals surface area contributed by atoms with Crippen molar-refractivity contribution in [2.24, 2.45) is 10.9 Å². The van der Waals surface area contributed by atoms with Gasteiger partial charge < -0.3 is 24.8 Å². The van der Waals surface area contributed by atoms with Gasteiger partial charge in [0.2, 0.25) is 0 Å². The fourth-order valence-electron chi connectivity index (χ4n) is 2.71. The SMILES string of the molecule is CCNC(=NCc1ccc(OCC(F)(F)F)cc1)NCCCOCC1CCOC1. The van der Waals surface area contributed by atoms with E-state index in [0.717, 1.165) is 51.3 Å². The third-order valence-electron chi connectivity index (χ3n) is 4.23. The molecule has 1 fully saturated rings. The third-order valence-corrected chi connectivity index (χ3v) is 4.23. The Morgan fingerprint density at radius 1 is 1.24 bits per heavy atom. The van der Waals surface area contributed by atoms with Crippen molar-refractivity contribution in [2.45, 2.75) is 32.5 Å². The summed E-state index contributed by atoms with van der Waals surface area (Å²) in [6.45, 7) is 5.62. The summed E-state index contributed by atoms with van der Waals surface area (Å²) >= 11 is 0. The Labute approximate surface area is 169 Å². The molecule has 0 aliphatic carbocycles. The summed E-state index contributed by atoms with van der Waals surface area (Å²) in [6.07, 6.45) is -2.40. The molecule has 1 atom stereocenters. The molecule has 2 N–H and O–H groups in total. The molecule has 1 aromatic carbocycles. The summed E-state index contributed by atoms with van der Waals surface area (Å²) in [5.41, 5.74) is 0.878. The van der Waals surface area contributed by atoms with Gasteiger partial charge in [-0.2, -0.15) is 13.2 Å². The van der Waals surface area contributed by atoms with Crippen LogP contribution < -0.4 is 15.4 Å². The number of guanidine groups is 1. The highest BCUT2D eigenvalue weighted by molar-refractivity contribution is 5.79. The average Bonchev–Trinajstić information content (AvgIpc) is 3.21. The Bertz CT molecular complexity index is 603. The van der Waals surface area contributed by atoms with E-state index in [9.17, 15) is 13.2 Å². The number of ether oxygens (including phenoxy) is 3. The smallest absolute Gasteiger partial charge is 0.422 e. The molecule has 9 heteroatoms. The van der Waals surface area contributed by atoms with E-state index >= 15 is 0 Å². The topological polar surface area (TPSA) is 64.1 Å². The van der Waals surface area contributed by atoms with Crippen molar-refractivity contribution in [2.75, 3.05) is 46.1 Å². The largest absolute Gasteiger partial charge is 0.484 e. The molecule has 29 heavy (non-hydrogen) atoms. The highest BCUT2D eigenvalue weighted by Gasteiger charge is 2.28. The van der Waals surface area contributed by atoms with E-state index in [2.05, 4.69) is 15.6 Å². The van der Waals surface area contributed by atoms with Crippen LogP contribution in [-0.4, -0.2) is 58.3 Å². The van der Waals surface area contributed by atoms with Gasteiger partial charge in [-0.05, 0) is 37.5 Å². The number of benzene rings is 1. The minimum Gasteiger partial charge on any atom is -0.484 e. The van der Waals surface area contributed by atoms with Gasteiger partial charge in [0.25, 0.3) is 0 Å². The average molecular weight is 417 g/mol. The molecule has 1 aliphatic rings. The van der Waals surface area contributed by atoms with Gasteiger partial charge in [-0.25, -0.2) is 4.99 Å². The van der Waals surface area contributed by atoms with E-state index in [-0.39, 0.29) is 5.75 Å². The van der Waals surface area contributed by atoms with Gasteiger partial charge in [-0.3, -0.25) is 0 Å². The van der Waals surface area contributed by atoms with Crippen molar-refractivity contribution in [3.8, 4) is 5.75 Å². The summed E-state index contributed by atoms with van der Waals surface area (Å²) in [4.78, 5) is 4.50. The number of halogens is 3. The van der Waals surface area contributed by atoms with E-state index in [4.69, 9.17) is 14.2 Å². The van der Waals surface area contributed by atoms with Crippen LogP contribution in [0.1, 0.15) is 25.3 Å². The Morgan fingerprint density at radius 2 is 2.03 bits per heavy atom. The lowest BCUT2D eigenvalue weighted by molar-refractivity contribution is -0.153. The fourth-order valence-corrected chi connectivity index (χ4v) is 2.71. The number of hydrogen-bond donors (Lipinski definition) is 2. The maximum absolute atomic E-state index is 12.2. The van der Waals surface area contributed by atoms with Crippen LogP contribution in [0.5, 0.6) is 5.75 Å². The van der Waals surface area contributed by atoms with Crippen molar-refractivity contribution in [3.05, 3.63) is 29.8 Å². The third kappa shape index (κ3) is 10.4. The quantitative estimate of drug-likeness (QED) is 0.329. The summed E-state index contributed by atoms with van der Waals surface area (Å²) in [5, 5.41) is 6.42. The van der Waals surface area contributed by atoms with Crippen LogP contribution in [-0.2, 0) is 16.0 Å². The molecule has 164 valence electrons. The van der Waals surface area contributed by atoms with Crippen LogP contribution in [0.4, 0.5) is 13.2 Å². The first-order valence-electron chi connectivity index (χ1n) is 9.92. The lowest BCUT2D eigenvalue weighted by atomic mass is 10.1. The first kappa shape index (κ1) is 23.3. The first-order chi connectivity index (χ1) is 14.0. The van der Waals surface area contributed by atoms with E-state index in [1.165, 1.54) is 12.1 Å². The van der Waals surface area contributed by atoms with Gasteiger partial charge in [0.05, 0.1) is 19.8 Å². The number of rotatable bonds is 11. The molecule has 6 nitrogen and oxygen atoms in total. The molecule has 0 radical (unpaired) electrons. The van der Waals surface area contributed by atoms with Gasteiger partial charge in [0, 0.05) is 32.2 Å². The predicted molar refractivity (Wildman–Crippen MR) is 105 cm³/mol. The number of nitrogens with zero attached hydrogens (tertiary/aromatic N) is 1. The highest BCUT2D eigenvalue weighted by Crippen LogP contribution is 2.19. The van der Waals surface area contributed by atoms with Crippen LogP contribution in [0.3, 0.4) is 0 Å². The van der Waals surface area contributed by atoms with Gasteiger partial charge >= 0.3 is 6.18 Å². The normalized spacial score (nSPS) is 17.4. The monoisotopic (exact) mass is 417 g/mol. The molecule has 1 aromatic rings. The molecule has 1 heterocycles. The number of nitrogens with one attached hydrogen (secondary N) is 2. The van der Waals surface area contributed by atoms with Crippen LogP contribution in [0, 0.1) is 5.92 Å². The van der Waals surface area contributed by atoms with Gasteiger partial charge in [-0.15, -0.1) is 0 Å². The molecular formula is C20H30F3N3O3. The van der Waals surface area contributed by atoms with Crippen molar-refractivity contribution in [1.82, 2.24) is 10.6 Å². The lowest BCUT2D eigenvalue weighted by Gasteiger charge is -2.12. The summed E-state index contributed by atoms with van der Waals surface area (Å²) in [7, 11) is 0. The highest BCUT2D eigenvalue weighted by atomic mass is 19.4. The fraction of sp³-hybridized carbons (Fsp3) is 0.650. The number of alkyl halides is 3. The second-order valence-corrected chi connectivity index (χ2v) is 6.83. The lowest BCUT2D eigenvalue weighted by Crippen LogP contribution is -2.38. The predicted octanol–water partition coefficient (Wildman–Crippen LogP) is 3.13. The summed E-state index contributed by atoms with van der Waals surface area (Å²) in [5.74, 6) is 1.39. The van der Waals surface area contributed by atoms with E-state index in [1.807, 2.05) is 6.92 Å². The second-order valence-electron chi connectivity index (χ2n) is 6.83. The van der Waals surface area contributed by atoms with E-state index < -0.39 is 12.8 Å². The molecule has 0 spiro atoms. The van der Waals surface area contributed by atoms with Crippen LogP contribution in [0.2, 0.25) is 0 Å². The van der Waals surface area contributed by atoms with Gasteiger partial charge in [-0.1, -0.05) is 12.1 Å². The molecule has 1 aliphatic heterocycles. The molecule has 2 rings (SSSR count). The Balaban J connectivity index is 1.67. The number of aliphatic imine (C=N–C) groups is 1. The molecular weight excluding hydrogens is 387 g/mol. The zero-order valence-corrected chi connectivity index (χ0v) is 16.8. The summed E-state index contributed by atoms with van der Waals surface area (Å²) in [6, 6.07) is 6.45. The minimum absolute atomic E-state index is 0.184. The Kier molecular flexibility index (Phi) is 10.1. The maximum Gasteiger partial charge on any atom is 0.422 e. The molecule has 0 amide bonds. The zero-order chi connectivity index (χ0) is 21.0. The first-order valence-corrected chi connectivity index (χ1v) is 9.92. The molecule has 0 aromatic heterocycles. The van der Waals surface area contributed by atoms with Crippen LogP contribution in [0.15, 0.2) is 29.3 Å². The van der Waals surface area contributed by atoms with Crippen molar-refractivity contribution >= 4 is 5.96 Å². The molecule has 1 unspecified atom stereocenters. The van der Waals surface area contributed by atoms with E-state index in [0.29, 0.717) is 25.0 Å². The van der Waals surface area contributed by atoms with Crippen molar-refractivity contribution < 1.29 is 27.4 Å². The van der Waals surface area contributed by atoms with Crippen molar-refractivity contribution in [3.63, 3.8) is 0 Å². The molecule has 0 saturated carbocycles. The molecule has 1 saturated heterocycles. The standard InChI is InChI=1S/C20H30F3N3O3/c1-2-24-19(25-9-3-10-27-13-17-8-11-28-14-17)26-12-16-4-6-18(7-5-16)29-15-20(21,22)23/h4-7,17H,2-3,8-15H2,1H3,(H2,24,25,26). The minimum atomic E-state index is -4.34. The Hall–Kier alpha value is -2.00. The van der Waals surface area contributed by atoms with Crippen LogP contribution >= 0.6 is 0 Å². The summed E-state index contributed by atoms with van der Waals surface area (Å²) < 4.78 is 52.2.